The van der Waals surface area contributed by atoms with Crippen LogP contribution in [-0.4, -0.2) is 31.3 Å². The first-order chi connectivity index (χ1) is 16.0. The van der Waals surface area contributed by atoms with Gasteiger partial charge in [0.25, 0.3) is 0 Å². The molecule has 170 valence electrons. The van der Waals surface area contributed by atoms with Crippen molar-refractivity contribution in [1.29, 1.82) is 0 Å². The molecule has 0 spiro atoms. The Kier molecular flexibility index (Phi) is 6.75. The van der Waals surface area contributed by atoms with E-state index in [9.17, 15) is 0 Å². The molecule has 1 atom stereocenters. The van der Waals surface area contributed by atoms with E-state index in [-0.39, 0.29) is 6.04 Å². The first kappa shape index (κ1) is 22.6. The van der Waals surface area contributed by atoms with Crippen molar-refractivity contribution >= 4 is 16.7 Å². The molecule has 1 unspecified atom stereocenters. The molecule has 4 aromatic rings. The zero-order valence-electron chi connectivity index (χ0n) is 19.7. The molecule has 3 aromatic carbocycles. The molecule has 0 saturated carbocycles. The van der Waals surface area contributed by atoms with Gasteiger partial charge >= 0.3 is 0 Å². The van der Waals surface area contributed by atoms with Gasteiger partial charge in [0.2, 0.25) is 0 Å². The summed E-state index contributed by atoms with van der Waals surface area (Å²) in [7, 11) is 4.97. The third-order valence-electron chi connectivity index (χ3n) is 5.68. The number of hydrogen-bond acceptors (Lipinski definition) is 6. The van der Waals surface area contributed by atoms with E-state index >= 15 is 0 Å². The summed E-state index contributed by atoms with van der Waals surface area (Å²) in [4.78, 5) is 9.26. The lowest BCUT2D eigenvalue weighted by Gasteiger charge is -2.19. The smallest absolute Gasteiger partial charge is 0.162 e. The number of ether oxygens (including phenoxy) is 3. The number of aromatic nitrogens is 2. The lowest BCUT2D eigenvalue weighted by Crippen LogP contribution is -2.10. The first-order valence-corrected chi connectivity index (χ1v) is 10.9. The average molecular weight is 444 g/mol. The standard InChI is InChI=1S/C27H29N3O3/c1-17(19-10-8-11-20(13-19)22-12-7-6-9-21(22)16-31-3)28-27-23-14-25(32-4)26(33-5)15-24(23)29-18(2)30-27/h6-15,17H,16H2,1-5H3,(H,28,29,30). The van der Waals surface area contributed by atoms with Gasteiger partial charge in [-0.25, -0.2) is 9.97 Å². The Balaban J connectivity index is 1.69. The minimum Gasteiger partial charge on any atom is -0.493 e. The summed E-state index contributed by atoms with van der Waals surface area (Å²) in [5, 5.41) is 4.46. The molecule has 6 nitrogen and oxygen atoms in total. The fourth-order valence-corrected chi connectivity index (χ4v) is 4.03. The van der Waals surface area contributed by atoms with Crippen molar-refractivity contribution in [2.45, 2.75) is 26.5 Å². The number of nitrogens with one attached hydrogen (secondary N) is 1. The summed E-state index contributed by atoms with van der Waals surface area (Å²) in [5.74, 6) is 2.73. The van der Waals surface area contributed by atoms with Gasteiger partial charge in [0.15, 0.2) is 11.5 Å². The number of anilines is 1. The summed E-state index contributed by atoms with van der Waals surface area (Å²) in [6, 6.07) is 20.7. The monoisotopic (exact) mass is 443 g/mol. The van der Waals surface area contributed by atoms with Crippen LogP contribution in [0, 0.1) is 6.92 Å². The van der Waals surface area contributed by atoms with Crippen molar-refractivity contribution in [2.75, 3.05) is 26.6 Å². The molecule has 0 amide bonds. The lowest BCUT2D eigenvalue weighted by molar-refractivity contribution is 0.185. The molecule has 33 heavy (non-hydrogen) atoms. The summed E-state index contributed by atoms with van der Waals surface area (Å²) in [5.41, 5.74) is 5.45. The van der Waals surface area contributed by atoms with Gasteiger partial charge < -0.3 is 19.5 Å². The van der Waals surface area contributed by atoms with Gasteiger partial charge in [0, 0.05) is 24.6 Å². The second-order valence-corrected chi connectivity index (χ2v) is 7.93. The molecule has 0 aliphatic carbocycles. The number of methoxy groups -OCH3 is 3. The highest BCUT2D eigenvalue weighted by Gasteiger charge is 2.15. The molecule has 1 N–H and O–H groups in total. The van der Waals surface area contributed by atoms with E-state index in [1.54, 1.807) is 21.3 Å². The Hall–Kier alpha value is -3.64. The summed E-state index contributed by atoms with van der Waals surface area (Å²) >= 11 is 0. The molecular weight excluding hydrogens is 414 g/mol. The van der Waals surface area contributed by atoms with Gasteiger partial charge in [-0.2, -0.15) is 0 Å². The number of rotatable bonds is 8. The molecule has 4 rings (SSSR count). The van der Waals surface area contributed by atoms with Gasteiger partial charge in [-0.15, -0.1) is 0 Å². The second-order valence-electron chi connectivity index (χ2n) is 7.93. The van der Waals surface area contributed by atoms with Gasteiger partial charge in [-0.1, -0.05) is 42.5 Å². The zero-order chi connectivity index (χ0) is 23.4. The van der Waals surface area contributed by atoms with E-state index in [0.717, 1.165) is 33.4 Å². The number of fused-ring (bicyclic) bond motifs is 1. The molecule has 0 aliphatic rings. The van der Waals surface area contributed by atoms with Crippen molar-refractivity contribution in [1.82, 2.24) is 9.97 Å². The Morgan fingerprint density at radius 1 is 0.879 bits per heavy atom. The maximum Gasteiger partial charge on any atom is 0.162 e. The topological polar surface area (TPSA) is 65.5 Å². The molecule has 1 aromatic heterocycles. The summed E-state index contributed by atoms with van der Waals surface area (Å²) in [6.45, 7) is 4.59. The van der Waals surface area contributed by atoms with Gasteiger partial charge in [-0.05, 0) is 48.2 Å². The Morgan fingerprint density at radius 3 is 2.39 bits per heavy atom. The van der Waals surface area contributed by atoms with Crippen LogP contribution in [-0.2, 0) is 11.3 Å². The second kappa shape index (κ2) is 9.88. The predicted molar refractivity (Wildman–Crippen MR) is 132 cm³/mol. The predicted octanol–water partition coefficient (Wildman–Crippen LogP) is 5.94. The maximum atomic E-state index is 5.50. The molecule has 0 bridgehead atoms. The Morgan fingerprint density at radius 2 is 1.64 bits per heavy atom. The van der Waals surface area contributed by atoms with Crippen LogP contribution in [0.1, 0.15) is 29.9 Å². The highest BCUT2D eigenvalue weighted by molar-refractivity contribution is 5.92. The van der Waals surface area contributed by atoms with Crippen molar-refractivity contribution < 1.29 is 14.2 Å². The molecule has 0 aliphatic heterocycles. The van der Waals surface area contributed by atoms with E-state index in [4.69, 9.17) is 14.2 Å². The minimum atomic E-state index is 0.0186. The number of nitrogens with zero attached hydrogens (tertiary/aromatic N) is 2. The van der Waals surface area contributed by atoms with Crippen LogP contribution in [0.15, 0.2) is 60.7 Å². The first-order valence-electron chi connectivity index (χ1n) is 10.9. The van der Waals surface area contributed by atoms with Crippen LogP contribution in [0.2, 0.25) is 0 Å². The fourth-order valence-electron chi connectivity index (χ4n) is 4.03. The maximum absolute atomic E-state index is 5.50. The van der Waals surface area contributed by atoms with Crippen LogP contribution < -0.4 is 14.8 Å². The van der Waals surface area contributed by atoms with E-state index in [0.29, 0.717) is 23.9 Å². The van der Waals surface area contributed by atoms with Gasteiger partial charge in [-0.3, -0.25) is 0 Å². The van der Waals surface area contributed by atoms with Crippen LogP contribution in [0.3, 0.4) is 0 Å². The third-order valence-corrected chi connectivity index (χ3v) is 5.68. The molecule has 6 heteroatoms. The largest absolute Gasteiger partial charge is 0.493 e. The van der Waals surface area contributed by atoms with Gasteiger partial charge in [0.1, 0.15) is 11.6 Å². The van der Waals surface area contributed by atoms with Crippen LogP contribution >= 0.6 is 0 Å². The highest BCUT2D eigenvalue weighted by Crippen LogP contribution is 2.35. The molecule has 0 saturated heterocycles. The lowest BCUT2D eigenvalue weighted by atomic mass is 9.96. The highest BCUT2D eigenvalue weighted by atomic mass is 16.5. The minimum absolute atomic E-state index is 0.0186. The molecule has 0 fully saturated rings. The average Bonchev–Trinajstić information content (AvgIpc) is 2.83. The molecule has 0 radical (unpaired) electrons. The number of benzene rings is 3. The van der Waals surface area contributed by atoms with E-state index in [1.807, 2.05) is 25.1 Å². The summed E-state index contributed by atoms with van der Waals surface area (Å²) in [6.07, 6.45) is 0. The van der Waals surface area contributed by atoms with Crippen molar-refractivity contribution in [3.8, 4) is 22.6 Å². The zero-order valence-corrected chi connectivity index (χ0v) is 19.7. The van der Waals surface area contributed by atoms with Gasteiger partial charge in [0.05, 0.1) is 26.3 Å². The Bertz CT molecular complexity index is 1270. The van der Waals surface area contributed by atoms with E-state index < -0.39 is 0 Å². The summed E-state index contributed by atoms with van der Waals surface area (Å²) < 4.78 is 16.3. The van der Waals surface area contributed by atoms with Crippen LogP contribution in [0.5, 0.6) is 11.5 Å². The fraction of sp³-hybridized carbons (Fsp3) is 0.259. The number of aryl methyl sites for hydroxylation is 1. The van der Waals surface area contributed by atoms with Crippen molar-refractivity contribution in [3.63, 3.8) is 0 Å². The molecular formula is C27H29N3O3. The SMILES string of the molecule is COCc1ccccc1-c1cccc(C(C)Nc2nc(C)nc3cc(OC)c(OC)cc23)c1. The quantitative estimate of drug-likeness (QED) is 0.363. The third kappa shape index (κ3) is 4.76. The van der Waals surface area contributed by atoms with Crippen molar-refractivity contribution in [2.24, 2.45) is 0 Å². The van der Waals surface area contributed by atoms with E-state index in [2.05, 4.69) is 64.7 Å². The Labute approximate surface area is 194 Å². The normalized spacial score (nSPS) is 11.9. The number of hydrogen-bond donors (Lipinski definition) is 1. The van der Waals surface area contributed by atoms with Crippen LogP contribution in [0.4, 0.5) is 5.82 Å². The van der Waals surface area contributed by atoms with Crippen molar-refractivity contribution in [3.05, 3.63) is 77.6 Å². The van der Waals surface area contributed by atoms with Crippen LogP contribution in [0.25, 0.3) is 22.0 Å². The van der Waals surface area contributed by atoms with E-state index in [1.165, 1.54) is 5.56 Å². The molecule has 1 heterocycles.